The maximum Gasteiger partial charge on any atom is 0.407 e. The normalized spacial score (nSPS) is 12.8. The number of aliphatic hydroxyl groups is 2. The number of pyridine rings is 1. The first-order valence-electron chi connectivity index (χ1n) is 7.98. The van der Waals surface area contributed by atoms with Crippen molar-refractivity contribution in [1.29, 1.82) is 0 Å². The van der Waals surface area contributed by atoms with Crippen molar-refractivity contribution in [1.82, 2.24) is 10.3 Å². The van der Waals surface area contributed by atoms with Crippen molar-refractivity contribution >= 4 is 12.1 Å². The predicted octanol–water partition coefficient (Wildman–Crippen LogP) is 1.49. The molecule has 2 atom stereocenters. The number of hydrogen-bond donors (Lipinski definition) is 4. The van der Waals surface area contributed by atoms with Crippen LogP contribution < -0.4 is 5.32 Å². The van der Waals surface area contributed by atoms with E-state index < -0.39 is 24.3 Å². The Morgan fingerprint density at radius 1 is 1.08 bits per heavy atom. The Labute approximate surface area is 150 Å². The summed E-state index contributed by atoms with van der Waals surface area (Å²) in [6, 6.07) is 13.3. The number of carboxylic acid groups (broad SMARTS) is 1. The lowest BCUT2D eigenvalue weighted by Crippen LogP contribution is -2.30. The molecule has 2 aromatic rings. The van der Waals surface area contributed by atoms with E-state index >= 15 is 0 Å². The summed E-state index contributed by atoms with van der Waals surface area (Å²) in [6.45, 7) is 0.203. The summed E-state index contributed by atoms with van der Waals surface area (Å²) < 4.78 is 5.03. The number of nitrogens with one attached hydrogen (secondary N) is 1. The third-order valence-corrected chi connectivity index (χ3v) is 3.58. The van der Waals surface area contributed by atoms with Crippen molar-refractivity contribution in [3.63, 3.8) is 0 Å². The molecule has 0 aliphatic heterocycles. The highest BCUT2D eigenvalue weighted by molar-refractivity contribution is 5.85. The monoisotopic (exact) mass is 360 g/mol. The number of aromatic nitrogens is 1. The fourth-order valence-corrected chi connectivity index (χ4v) is 2.19. The van der Waals surface area contributed by atoms with E-state index in [1.165, 1.54) is 18.2 Å². The number of amides is 1. The van der Waals surface area contributed by atoms with Gasteiger partial charge in [0, 0.05) is 6.54 Å². The number of rotatable bonds is 8. The van der Waals surface area contributed by atoms with Gasteiger partial charge in [0.05, 0.1) is 11.8 Å². The first-order valence-corrected chi connectivity index (χ1v) is 7.98. The van der Waals surface area contributed by atoms with Crippen molar-refractivity contribution in [2.24, 2.45) is 0 Å². The number of aliphatic hydroxyl groups excluding tert-OH is 2. The molecule has 4 N–H and O–H groups in total. The Morgan fingerprint density at radius 3 is 2.50 bits per heavy atom. The molecule has 1 heterocycles. The molecular weight excluding hydrogens is 340 g/mol. The van der Waals surface area contributed by atoms with Gasteiger partial charge in [-0.3, -0.25) is 0 Å². The number of alkyl carbamates (subject to hydrolysis) is 1. The van der Waals surface area contributed by atoms with Crippen LogP contribution in [0.2, 0.25) is 0 Å². The average Bonchev–Trinajstić information content (AvgIpc) is 2.66. The number of aromatic carboxylic acids is 1. The SMILES string of the molecule is O=C(NCCC(O)C(O)c1cccc(C(=O)O)n1)OCc1ccccc1. The quantitative estimate of drug-likeness (QED) is 0.561. The molecule has 0 aliphatic carbocycles. The van der Waals surface area contributed by atoms with Crippen LogP contribution in [0.15, 0.2) is 48.5 Å². The minimum atomic E-state index is -1.36. The summed E-state index contributed by atoms with van der Waals surface area (Å²) in [7, 11) is 0. The zero-order valence-corrected chi connectivity index (χ0v) is 13.9. The molecule has 0 spiro atoms. The smallest absolute Gasteiger partial charge is 0.407 e. The zero-order chi connectivity index (χ0) is 18.9. The molecule has 0 fully saturated rings. The van der Waals surface area contributed by atoms with Crippen LogP contribution in [0, 0.1) is 0 Å². The van der Waals surface area contributed by atoms with Crippen LogP contribution in [0.5, 0.6) is 0 Å². The predicted molar refractivity (Wildman–Crippen MR) is 91.4 cm³/mol. The molecule has 8 nitrogen and oxygen atoms in total. The van der Waals surface area contributed by atoms with Crippen molar-refractivity contribution in [3.8, 4) is 0 Å². The second-order valence-corrected chi connectivity index (χ2v) is 5.54. The fourth-order valence-electron chi connectivity index (χ4n) is 2.19. The molecule has 2 rings (SSSR count). The molecule has 1 aromatic carbocycles. The van der Waals surface area contributed by atoms with Gasteiger partial charge >= 0.3 is 12.1 Å². The molecule has 0 saturated heterocycles. The molecular formula is C18H20N2O6. The highest BCUT2D eigenvalue weighted by Crippen LogP contribution is 2.17. The summed E-state index contributed by atoms with van der Waals surface area (Å²) in [4.78, 5) is 26.3. The Bertz CT molecular complexity index is 737. The van der Waals surface area contributed by atoms with Gasteiger partial charge in [-0.25, -0.2) is 14.6 Å². The van der Waals surface area contributed by atoms with Gasteiger partial charge in [-0.15, -0.1) is 0 Å². The summed E-state index contributed by atoms with van der Waals surface area (Å²) >= 11 is 0. The second-order valence-electron chi connectivity index (χ2n) is 5.54. The van der Waals surface area contributed by atoms with Crippen LogP contribution in [-0.2, 0) is 11.3 Å². The molecule has 8 heteroatoms. The average molecular weight is 360 g/mol. The molecule has 1 amide bonds. The van der Waals surface area contributed by atoms with Gasteiger partial charge in [0.1, 0.15) is 18.4 Å². The first kappa shape index (κ1) is 19.4. The summed E-state index contributed by atoms with van der Waals surface area (Å²) in [6.07, 6.45) is -3.18. The van der Waals surface area contributed by atoms with Gasteiger partial charge < -0.3 is 25.4 Å². The highest BCUT2D eigenvalue weighted by atomic mass is 16.5. The highest BCUT2D eigenvalue weighted by Gasteiger charge is 2.21. The number of ether oxygens (including phenoxy) is 1. The number of carbonyl (C=O) groups is 2. The molecule has 0 bridgehead atoms. The van der Waals surface area contributed by atoms with E-state index in [1.54, 1.807) is 0 Å². The molecule has 1 aromatic heterocycles. The third-order valence-electron chi connectivity index (χ3n) is 3.58. The molecule has 0 saturated carbocycles. The van der Waals surface area contributed by atoms with Crippen molar-refractivity contribution in [2.45, 2.75) is 25.2 Å². The fraction of sp³-hybridized carbons (Fsp3) is 0.278. The van der Waals surface area contributed by atoms with Crippen LogP contribution in [0.3, 0.4) is 0 Å². The van der Waals surface area contributed by atoms with Gasteiger partial charge in [-0.05, 0) is 24.1 Å². The van der Waals surface area contributed by atoms with Gasteiger partial charge in [-0.1, -0.05) is 36.4 Å². The third kappa shape index (κ3) is 5.83. The van der Waals surface area contributed by atoms with Crippen LogP contribution in [0.4, 0.5) is 4.79 Å². The lowest BCUT2D eigenvalue weighted by molar-refractivity contribution is 0.0109. The summed E-state index contributed by atoms with van der Waals surface area (Å²) in [5, 5.41) is 31.4. The van der Waals surface area contributed by atoms with Crippen LogP contribution in [0.1, 0.15) is 34.3 Å². The minimum absolute atomic E-state index is 0.0422. The number of carboxylic acids is 1. The van der Waals surface area contributed by atoms with E-state index in [4.69, 9.17) is 9.84 Å². The maximum atomic E-state index is 11.6. The van der Waals surface area contributed by atoms with E-state index in [0.717, 1.165) is 5.56 Å². The standard InChI is InChI=1S/C18H20N2O6/c21-15(16(22)13-7-4-8-14(20-13)17(23)24)9-10-19-18(25)26-11-12-5-2-1-3-6-12/h1-8,15-16,21-22H,9-11H2,(H,19,25)(H,23,24). The molecule has 138 valence electrons. The topological polar surface area (TPSA) is 129 Å². The van der Waals surface area contributed by atoms with Crippen molar-refractivity contribution < 1.29 is 29.6 Å². The van der Waals surface area contributed by atoms with Crippen LogP contribution in [0.25, 0.3) is 0 Å². The van der Waals surface area contributed by atoms with Crippen LogP contribution in [-0.4, -0.2) is 45.0 Å². The molecule has 2 unspecified atom stereocenters. The number of carbonyl (C=O) groups excluding carboxylic acids is 1. The maximum absolute atomic E-state index is 11.6. The summed E-state index contributed by atoms with van der Waals surface area (Å²) in [5.41, 5.74) is 0.669. The van der Waals surface area contributed by atoms with Crippen LogP contribution >= 0.6 is 0 Å². The van der Waals surface area contributed by atoms with E-state index in [1.807, 2.05) is 30.3 Å². The zero-order valence-electron chi connectivity index (χ0n) is 13.9. The first-order chi connectivity index (χ1) is 12.5. The largest absolute Gasteiger partial charge is 0.477 e. The number of hydrogen-bond acceptors (Lipinski definition) is 6. The van der Waals surface area contributed by atoms with Gasteiger partial charge in [0.2, 0.25) is 0 Å². The minimum Gasteiger partial charge on any atom is -0.477 e. The van der Waals surface area contributed by atoms with Gasteiger partial charge in [-0.2, -0.15) is 0 Å². The Hall–Kier alpha value is -2.97. The Morgan fingerprint density at radius 2 is 1.81 bits per heavy atom. The van der Waals surface area contributed by atoms with E-state index in [-0.39, 0.29) is 31.0 Å². The van der Waals surface area contributed by atoms with E-state index in [9.17, 15) is 19.8 Å². The van der Waals surface area contributed by atoms with E-state index in [2.05, 4.69) is 10.3 Å². The van der Waals surface area contributed by atoms with Gasteiger partial charge in [0.15, 0.2) is 0 Å². The lowest BCUT2D eigenvalue weighted by Gasteiger charge is -2.17. The van der Waals surface area contributed by atoms with Crippen molar-refractivity contribution in [2.75, 3.05) is 6.54 Å². The van der Waals surface area contributed by atoms with Gasteiger partial charge in [0.25, 0.3) is 0 Å². The lowest BCUT2D eigenvalue weighted by atomic mass is 10.1. The number of nitrogens with zero attached hydrogens (tertiary/aromatic N) is 1. The number of benzene rings is 1. The molecule has 26 heavy (non-hydrogen) atoms. The summed E-state index contributed by atoms with van der Waals surface area (Å²) in [5.74, 6) is -1.23. The molecule has 0 radical (unpaired) electrons. The Balaban J connectivity index is 1.75. The Kier molecular flexibility index (Phi) is 7.07. The van der Waals surface area contributed by atoms with Crippen molar-refractivity contribution in [3.05, 3.63) is 65.5 Å². The second kappa shape index (κ2) is 9.50. The molecule has 0 aliphatic rings. The van der Waals surface area contributed by atoms with E-state index in [0.29, 0.717) is 0 Å².